The van der Waals surface area contributed by atoms with Crippen molar-refractivity contribution in [3.63, 3.8) is 0 Å². The van der Waals surface area contributed by atoms with E-state index in [9.17, 15) is 4.79 Å². The Morgan fingerprint density at radius 2 is 1.71 bits per heavy atom. The molecule has 1 saturated heterocycles. The van der Waals surface area contributed by atoms with Gasteiger partial charge in [-0.05, 0) is 28.8 Å². The van der Waals surface area contributed by atoms with E-state index >= 15 is 4.39 Å². The summed E-state index contributed by atoms with van der Waals surface area (Å²) in [4.78, 5) is 17.8. The van der Waals surface area contributed by atoms with Gasteiger partial charge in [0.1, 0.15) is 11.2 Å². The van der Waals surface area contributed by atoms with Crippen molar-refractivity contribution in [1.29, 1.82) is 0 Å². The molecule has 2 aliphatic rings. The van der Waals surface area contributed by atoms with Crippen LogP contribution in [-0.4, -0.2) is 33.7 Å². The first kappa shape index (κ1) is 20.8. The number of halogens is 1. The van der Waals surface area contributed by atoms with Crippen molar-refractivity contribution in [3.8, 4) is 11.1 Å². The monoisotopic (exact) mass is 452 g/mol. The summed E-state index contributed by atoms with van der Waals surface area (Å²) < 4.78 is 16.8. The fourth-order valence-electron chi connectivity index (χ4n) is 5.33. The lowest BCUT2D eigenvalue weighted by atomic mass is 9.74. The van der Waals surface area contributed by atoms with Gasteiger partial charge >= 0.3 is 0 Å². The Bertz CT molecular complexity index is 1370. The van der Waals surface area contributed by atoms with Crippen LogP contribution in [0.2, 0.25) is 0 Å². The van der Waals surface area contributed by atoms with E-state index in [-0.39, 0.29) is 18.3 Å². The molecule has 1 fully saturated rings. The van der Waals surface area contributed by atoms with E-state index in [4.69, 9.17) is 0 Å². The largest absolute Gasteiger partial charge is 0.307 e. The van der Waals surface area contributed by atoms with E-state index in [1.165, 1.54) is 11.6 Å². The maximum absolute atomic E-state index is 15.1. The van der Waals surface area contributed by atoms with Crippen LogP contribution in [0, 0.1) is 5.82 Å². The topological polar surface area (TPSA) is 41.4 Å². The molecule has 0 radical (unpaired) electrons. The summed E-state index contributed by atoms with van der Waals surface area (Å²) in [6, 6.07) is 23.5. The quantitative estimate of drug-likeness (QED) is 0.447. The molecule has 0 saturated carbocycles. The van der Waals surface area contributed by atoms with Gasteiger partial charge in [-0.15, -0.1) is 0 Å². The Labute approximate surface area is 198 Å². The molecule has 1 spiro atoms. The van der Waals surface area contributed by atoms with Crippen LogP contribution >= 0.6 is 0 Å². The number of hydrogen-bond acceptors (Lipinski definition) is 3. The number of benzene rings is 3. The van der Waals surface area contributed by atoms with Gasteiger partial charge in [0, 0.05) is 49.7 Å². The molecular weight excluding hydrogens is 427 g/mol. The molecule has 3 aromatic carbocycles. The number of likely N-dealkylation sites (tertiary alicyclic amines) is 1. The Morgan fingerprint density at radius 3 is 2.44 bits per heavy atom. The number of para-hydroxylation sites is 1. The lowest BCUT2D eigenvalue weighted by Crippen LogP contribution is -2.63. The Hall–Kier alpha value is -3.77. The minimum atomic E-state index is -0.544. The molecule has 6 rings (SSSR count). The van der Waals surface area contributed by atoms with Gasteiger partial charge in [0.15, 0.2) is 0 Å². The van der Waals surface area contributed by atoms with Crippen LogP contribution in [0.3, 0.4) is 0 Å². The molecule has 0 bridgehead atoms. The predicted octanol–water partition coefficient (Wildman–Crippen LogP) is 4.53. The molecule has 34 heavy (non-hydrogen) atoms. The van der Waals surface area contributed by atoms with Gasteiger partial charge in [0.25, 0.3) is 0 Å². The van der Waals surface area contributed by atoms with Crippen LogP contribution in [0.4, 0.5) is 10.1 Å². The first-order chi connectivity index (χ1) is 16.5. The van der Waals surface area contributed by atoms with Crippen LogP contribution < -0.4 is 4.90 Å². The third kappa shape index (κ3) is 3.33. The van der Waals surface area contributed by atoms with Crippen LogP contribution in [-0.2, 0) is 30.3 Å². The maximum atomic E-state index is 15.1. The third-order valence-corrected chi connectivity index (χ3v) is 7.02. The number of amides is 1. The molecule has 5 nitrogen and oxygen atoms in total. The number of aryl methyl sites for hydroxylation is 1. The summed E-state index contributed by atoms with van der Waals surface area (Å²) in [5, 5.41) is 4.16. The minimum absolute atomic E-state index is 0.0637. The average molecular weight is 453 g/mol. The molecule has 0 N–H and O–H groups in total. The van der Waals surface area contributed by atoms with Crippen molar-refractivity contribution in [2.24, 2.45) is 7.05 Å². The fourth-order valence-corrected chi connectivity index (χ4v) is 5.33. The molecule has 0 atom stereocenters. The lowest BCUT2D eigenvalue weighted by molar-refractivity contribution is -0.129. The van der Waals surface area contributed by atoms with E-state index in [0.29, 0.717) is 18.7 Å². The molecule has 1 amide bonds. The first-order valence-corrected chi connectivity index (χ1v) is 11.5. The second-order valence-electron chi connectivity index (χ2n) is 9.33. The van der Waals surface area contributed by atoms with Crippen LogP contribution in [0.1, 0.15) is 16.7 Å². The van der Waals surface area contributed by atoms with Crippen molar-refractivity contribution in [2.45, 2.75) is 18.5 Å². The first-order valence-electron chi connectivity index (χ1n) is 11.5. The maximum Gasteiger partial charge on any atom is 0.240 e. The second-order valence-corrected chi connectivity index (χ2v) is 9.33. The number of carbonyl (C=O) groups is 1. The number of fused-ring (bicyclic) bond motifs is 2. The number of hydrogen-bond donors (Lipinski definition) is 0. The molecule has 1 aromatic heterocycles. The summed E-state index contributed by atoms with van der Waals surface area (Å²) in [5.74, 6) is -0.249. The summed E-state index contributed by atoms with van der Waals surface area (Å²) in [7, 11) is 1.84. The minimum Gasteiger partial charge on any atom is -0.307 e. The van der Waals surface area contributed by atoms with E-state index in [1.807, 2.05) is 55.7 Å². The Balaban J connectivity index is 1.25. The van der Waals surface area contributed by atoms with Crippen LogP contribution in [0.5, 0.6) is 0 Å². The summed E-state index contributed by atoms with van der Waals surface area (Å²) in [5.41, 5.74) is 4.78. The average Bonchev–Trinajstić information content (AvgIpc) is 3.36. The van der Waals surface area contributed by atoms with E-state index in [2.05, 4.69) is 28.2 Å². The highest BCUT2D eigenvalue weighted by molar-refractivity contribution is 6.09. The smallest absolute Gasteiger partial charge is 0.240 e. The van der Waals surface area contributed by atoms with Gasteiger partial charge in [0.05, 0.1) is 12.7 Å². The van der Waals surface area contributed by atoms with Gasteiger partial charge < -0.3 is 4.90 Å². The third-order valence-electron chi connectivity index (χ3n) is 7.02. The molecule has 6 heteroatoms. The summed E-state index contributed by atoms with van der Waals surface area (Å²) in [6.45, 7) is 2.39. The van der Waals surface area contributed by atoms with Crippen molar-refractivity contribution < 1.29 is 9.18 Å². The van der Waals surface area contributed by atoms with E-state index in [1.54, 1.807) is 21.8 Å². The molecule has 0 aliphatic carbocycles. The van der Waals surface area contributed by atoms with Gasteiger partial charge in [0.2, 0.25) is 5.91 Å². The molecule has 170 valence electrons. The van der Waals surface area contributed by atoms with Gasteiger partial charge in [-0.25, -0.2) is 4.39 Å². The summed E-state index contributed by atoms with van der Waals surface area (Å²) in [6.07, 6.45) is 3.58. The predicted molar refractivity (Wildman–Crippen MR) is 130 cm³/mol. The van der Waals surface area contributed by atoms with E-state index in [0.717, 1.165) is 28.9 Å². The number of nitrogens with zero attached hydrogens (tertiary/aromatic N) is 4. The molecule has 3 heterocycles. The SMILES string of the molecule is Cn1cc(-c2ccc(CN3C(=O)C4(CN(Cc5ccccc5)C4)c4ccccc43)c(F)c2)cn1. The zero-order valence-corrected chi connectivity index (χ0v) is 19.0. The van der Waals surface area contributed by atoms with Crippen molar-refractivity contribution in [2.75, 3.05) is 18.0 Å². The van der Waals surface area contributed by atoms with Gasteiger partial charge in [-0.2, -0.15) is 5.10 Å². The highest BCUT2D eigenvalue weighted by Gasteiger charge is 2.57. The Morgan fingerprint density at radius 1 is 0.941 bits per heavy atom. The molecule has 4 aromatic rings. The van der Waals surface area contributed by atoms with Crippen LogP contribution in [0.15, 0.2) is 85.2 Å². The summed E-state index contributed by atoms with van der Waals surface area (Å²) >= 11 is 0. The van der Waals surface area contributed by atoms with Crippen LogP contribution in [0.25, 0.3) is 11.1 Å². The fraction of sp³-hybridized carbons (Fsp3) is 0.214. The standard InChI is InChI=1S/C28H25FN4O/c1-31-16-23(14-30-31)21-11-12-22(25(29)13-21)17-33-26-10-6-5-9-24(26)28(27(33)34)18-32(19-28)15-20-7-3-2-4-8-20/h2-14,16H,15,17-19H2,1H3. The number of carbonyl (C=O) groups excluding carboxylic acids is 1. The van der Waals surface area contributed by atoms with Crippen molar-refractivity contribution in [1.82, 2.24) is 14.7 Å². The molecular formula is C28H25FN4O. The zero-order valence-electron chi connectivity index (χ0n) is 19.0. The lowest BCUT2D eigenvalue weighted by Gasteiger charge is -2.47. The normalized spacial score (nSPS) is 16.6. The Kier molecular flexibility index (Phi) is 4.85. The van der Waals surface area contributed by atoms with Gasteiger partial charge in [-0.3, -0.25) is 14.4 Å². The van der Waals surface area contributed by atoms with Crippen molar-refractivity contribution in [3.05, 3.63) is 108 Å². The molecule has 0 unspecified atom stereocenters. The number of rotatable bonds is 5. The van der Waals surface area contributed by atoms with E-state index < -0.39 is 5.41 Å². The zero-order chi connectivity index (χ0) is 23.3. The number of anilines is 1. The molecule has 2 aliphatic heterocycles. The number of aromatic nitrogens is 2. The highest BCUT2D eigenvalue weighted by Crippen LogP contribution is 2.48. The second kappa shape index (κ2) is 7.92. The van der Waals surface area contributed by atoms with Crippen molar-refractivity contribution >= 4 is 11.6 Å². The van der Waals surface area contributed by atoms with Gasteiger partial charge in [-0.1, -0.05) is 60.7 Å². The highest BCUT2D eigenvalue weighted by atomic mass is 19.1.